The van der Waals surface area contributed by atoms with Gasteiger partial charge in [0.2, 0.25) is 0 Å². The Morgan fingerprint density at radius 2 is 1.82 bits per heavy atom. The van der Waals surface area contributed by atoms with E-state index in [0.29, 0.717) is 0 Å². The Hall–Kier alpha value is -1.58. The summed E-state index contributed by atoms with van der Waals surface area (Å²) in [7, 11) is 0. The van der Waals surface area contributed by atoms with Crippen LogP contribution in [-0.2, 0) is 0 Å². The fourth-order valence-corrected chi connectivity index (χ4v) is 0.383. The van der Waals surface area contributed by atoms with Gasteiger partial charge in [0.1, 0.15) is 0 Å². The molecule has 0 rings (SSSR count). The molecule has 0 aliphatic carbocycles. The van der Waals surface area contributed by atoms with Gasteiger partial charge >= 0.3 is 0 Å². The van der Waals surface area contributed by atoms with Gasteiger partial charge in [0.25, 0.3) is 0 Å². The molecule has 0 aliphatic rings. The molecule has 4 heteroatoms. The zero-order chi connectivity index (χ0) is 8.36. The number of rotatable bonds is 4. The second kappa shape index (κ2) is 8.42. The molecule has 0 saturated heterocycles. The minimum absolute atomic E-state index is 1.46. The van der Waals surface area contributed by atoms with E-state index in [1.54, 1.807) is 6.08 Å². The van der Waals surface area contributed by atoms with Crippen molar-refractivity contribution in [3.8, 4) is 0 Å². The molecule has 0 atom stereocenters. The summed E-state index contributed by atoms with van der Waals surface area (Å²) in [5.74, 6) is 0. The predicted molar refractivity (Wildman–Crippen MR) is 43.1 cm³/mol. The summed E-state index contributed by atoms with van der Waals surface area (Å²) in [5.41, 5.74) is 6.25. The number of hydrogen-bond acceptors (Lipinski definition) is 2. The van der Waals surface area contributed by atoms with Gasteiger partial charge in [0.15, 0.2) is 0 Å². The van der Waals surface area contributed by atoms with Crippen LogP contribution < -0.4 is 0 Å². The molecule has 0 aliphatic heterocycles. The molecule has 0 aromatic carbocycles. The van der Waals surface area contributed by atoms with Gasteiger partial charge in [-0.1, -0.05) is 24.3 Å². The van der Waals surface area contributed by atoms with Crippen LogP contribution in [0, 0.1) is 5.53 Å². The van der Waals surface area contributed by atoms with Crippen molar-refractivity contribution in [1.82, 2.24) is 0 Å². The van der Waals surface area contributed by atoms with Gasteiger partial charge in [0, 0.05) is 0 Å². The van der Waals surface area contributed by atoms with Crippen molar-refractivity contribution in [2.24, 2.45) is 15.6 Å². The first kappa shape index (κ1) is 9.42. The molecule has 0 radical (unpaired) electrons. The fraction of sp³-hybridized carbons (Fsp3) is 0.143. The van der Waals surface area contributed by atoms with Gasteiger partial charge in [0.05, 0.1) is 6.20 Å². The second-order valence-corrected chi connectivity index (χ2v) is 1.56. The zero-order valence-electron chi connectivity index (χ0n) is 6.31. The van der Waals surface area contributed by atoms with Crippen LogP contribution in [0.3, 0.4) is 0 Å². The highest BCUT2D eigenvalue weighted by Gasteiger charge is 1.61. The van der Waals surface area contributed by atoms with E-state index in [2.05, 4.69) is 15.6 Å². The molecular formula is C7H10N4. The van der Waals surface area contributed by atoms with E-state index in [0.717, 1.165) is 0 Å². The molecule has 58 valence electrons. The molecule has 1 N–H and O–H groups in total. The minimum Gasteiger partial charge on any atom is -0.183 e. The summed E-state index contributed by atoms with van der Waals surface area (Å²) in [5, 5.41) is 9.16. The van der Waals surface area contributed by atoms with E-state index in [1.165, 1.54) is 6.20 Å². The van der Waals surface area contributed by atoms with Gasteiger partial charge in [-0.05, 0) is 23.4 Å². The third-order valence-electron chi connectivity index (χ3n) is 0.775. The van der Waals surface area contributed by atoms with E-state index in [-0.39, 0.29) is 0 Å². The van der Waals surface area contributed by atoms with E-state index in [4.69, 9.17) is 5.53 Å². The number of nitrogens with one attached hydrogen (secondary N) is 1. The van der Waals surface area contributed by atoms with Crippen LogP contribution in [0.15, 0.2) is 52.1 Å². The normalized spacial score (nSPS) is 12.8. The molecule has 11 heavy (non-hydrogen) atoms. The Bertz CT molecular complexity index is 200. The lowest BCUT2D eigenvalue weighted by Crippen LogP contribution is -1.49. The van der Waals surface area contributed by atoms with Crippen molar-refractivity contribution in [2.45, 2.75) is 6.92 Å². The average molecular weight is 150 g/mol. The number of hydrogen-bond donors (Lipinski definition) is 1. The molecule has 0 heterocycles. The van der Waals surface area contributed by atoms with Gasteiger partial charge in [-0.2, -0.15) is 5.53 Å². The standard InChI is InChI=1S/C7H10N4/c1-2-3-4-5-6-7-9-11-10-8/h2-8H,1H3. The van der Waals surface area contributed by atoms with E-state index in [1.807, 2.05) is 31.2 Å². The summed E-state index contributed by atoms with van der Waals surface area (Å²) in [6.45, 7) is 1.94. The van der Waals surface area contributed by atoms with Crippen LogP contribution in [-0.4, -0.2) is 0 Å². The molecular weight excluding hydrogens is 140 g/mol. The Balaban J connectivity index is 3.59. The van der Waals surface area contributed by atoms with E-state index >= 15 is 0 Å². The Morgan fingerprint density at radius 1 is 1.09 bits per heavy atom. The van der Waals surface area contributed by atoms with Crippen LogP contribution >= 0.6 is 0 Å². The lowest BCUT2D eigenvalue weighted by molar-refractivity contribution is 0.906. The lowest BCUT2D eigenvalue weighted by Gasteiger charge is -1.70. The van der Waals surface area contributed by atoms with Crippen LogP contribution in [0.4, 0.5) is 0 Å². The maximum absolute atomic E-state index is 6.25. The fourth-order valence-electron chi connectivity index (χ4n) is 0.383. The van der Waals surface area contributed by atoms with Crippen LogP contribution in [0.2, 0.25) is 0 Å². The smallest absolute Gasteiger partial charge is 0.0514 e. The van der Waals surface area contributed by atoms with Gasteiger partial charge in [-0.25, -0.2) is 0 Å². The molecule has 0 saturated carbocycles. The quantitative estimate of drug-likeness (QED) is 0.364. The summed E-state index contributed by atoms with van der Waals surface area (Å²) in [4.78, 5) is 0. The summed E-state index contributed by atoms with van der Waals surface area (Å²) < 4.78 is 0. The van der Waals surface area contributed by atoms with Crippen molar-refractivity contribution >= 4 is 0 Å². The van der Waals surface area contributed by atoms with Crippen LogP contribution in [0.5, 0.6) is 0 Å². The van der Waals surface area contributed by atoms with Gasteiger partial charge in [-0.15, -0.1) is 5.11 Å². The highest BCUT2D eigenvalue weighted by Crippen LogP contribution is 1.82. The SMILES string of the molecule is CC=CC=CC=CN=NN=N. The molecule has 0 aromatic heterocycles. The minimum atomic E-state index is 1.46. The third kappa shape index (κ3) is 8.42. The van der Waals surface area contributed by atoms with Gasteiger partial charge < -0.3 is 0 Å². The van der Waals surface area contributed by atoms with E-state index < -0.39 is 0 Å². The largest absolute Gasteiger partial charge is 0.183 e. The molecule has 0 unspecified atom stereocenters. The van der Waals surface area contributed by atoms with Crippen molar-refractivity contribution in [1.29, 1.82) is 5.53 Å². The lowest BCUT2D eigenvalue weighted by atomic mass is 10.4. The summed E-state index contributed by atoms with van der Waals surface area (Å²) in [6.07, 6.45) is 10.7. The Morgan fingerprint density at radius 3 is 2.45 bits per heavy atom. The molecule has 4 nitrogen and oxygen atoms in total. The molecule has 0 fully saturated rings. The van der Waals surface area contributed by atoms with Crippen LogP contribution in [0.25, 0.3) is 0 Å². The first-order chi connectivity index (χ1) is 5.41. The highest BCUT2D eigenvalue weighted by atomic mass is 15.4. The van der Waals surface area contributed by atoms with Crippen molar-refractivity contribution < 1.29 is 0 Å². The zero-order valence-corrected chi connectivity index (χ0v) is 6.31. The first-order valence-electron chi connectivity index (χ1n) is 3.13. The number of allylic oxidation sites excluding steroid dienone is 5. The summed E-state index contributed by atoms with van der Waals surface area (Å²) in [6, 6.07) is 0. The molecule has 0 spiro atoms. The Labute approximate surface area is 65.5 Å². The van der Waals surface area contributed by atoms with Crippen molar-refractivity contribution in [2.75, 3.05) is 0 Å². The second-order valence-electron chi connectivity index (χ2n) is 1.56. The molecule has 0 amide bonds. The first-order valence-corrected chi connectivity index (χ1v) is 3.13. The maximum Gasteiger partial charge on any atom is 0.0514 e. The van der Waals surface area contributed by atoms with Crippen LogP contribution in [0.1, 0.15) is 6.92 Å². The van der Waals surface area contributed by atoms with Crippen molar-refractivity contribution in [3.05, 3.63) is 36.6 Å². The predicted octanol–water partition coefficient (Wildman–Crippen LogP) is 3.03. The average Bonchev–Trinajstić information content (AvgIpc) is 2.03. The third-order valence-corrected chi connectivity index (χ3v) is 0.775. The topological polar surface area (TPSA) is 60.9 Å². The number of nitrogens with zero attached hydrogens (tertiary/aromatic N) is 3. The van der Waals surface area contributed by atoms with Gasteiger partial charge in [-0.3, -0.25) is 0 Å². The summed E-state index contributed by atoms with van der Waals surface area (Å²) >= 11 is 0. The van der Waals surface area contributed by atoms with Crippen molar-refractivity contribution in [3.63, 3.8) is 0 Å². The Kier molecular flexibility index (Phi) is 7.21. The monoisotopic (exact) mass is 150 g/mol. The molecule has 0 aromatic rings. The maximum atomic E-state index is 6.25. The van der Waals surface area contributed by atoms with E-state index in [9.17, 15) is 0 Å². The highest BCUT2D eigenvalue weighted by molar-refractivity contribution is 5.09. The molecule has 0 bridgehead atoms.